The van der Waals surface area contributed by atoms with Crippen LogP contribution in [0.3, 0.4) is 0 Å². The second-order valence-corrected chi connectivity index (χ2v) is 4.14. The average molecular weight is 257 g/mol. The molecule has 0 saturated carbocycles. The Bertz CT molecular complexity index is 293. The number of hydrogen-bond acceptors (Lipinski definition) is 1. The molecule has 1 aromatic carbocycles. The van der Waals surface area contributed by atoms with E-state index >= 15 is 0 Å². The van der Waals surface area contributed by atoms with Crippen molar-refractivity contribution >= 4 is 21.9 Å². The summed E-state index contributed by atoms with van der Waals surface area (Å²) in [6.07, 6.45) is 2.93. The molecule has 0 bridgehead atoms. The third-order valence-electron chi connectivity index (χ3n) is 2.02. The summed E-state index contributed by atoms with van der Waals surface area (Å²) in [5.41, 5.74) is 1.26. The van der Waals surface area contributed by atoms with Crippen LogP contribution in [0.4, 0.5) is 0 Å². The first kappa shape index (κ1) is 11.2. The molecule has 0 atom stereocenters. The number of unbranched alkanes of at least 4 members (excludes halogenated alkanes) is 1. The van der Waals surface area contributed by atoms with Crippen molar-refractivity contribution in [2.24, 2.45) is 0 Å². The van der Waals surface area contributed by atoms with E-state index in [2.05, 4.69) is 28.1 Å². The van der Waals surface area contributed by atoms with Gasteiger partial charge in [-0.15, -0.1) is 0 Å². The van der Waals surface area contributed by atoms with Gasteiger partial charge in [0, 0.05) is 10.9 Å². The molecule has 1 aromatic rings. The van der Waals surface area contributed by atoms with Crippen LogP contribution in [-0.4, -0.2) is 11.1 Å². The SMILES string of the molecule is O=C(O)CCCCc1ccc(Br)cc1. The van der Waals surface area contributed by atoms with Gasteiger partial charge in [-0.3, -0.25) is 4.79 Å². The number of carboxylic acid groups (broad SMARTS) is 1. The number of aryl methyl sites for hydroxylation is 1. The van der Waals surface area contributed by atoms with Crippen LogP contribution in [0.1, 0.15) is 24.8 Å². The molecule has 0 spiro atoms. The first-order chi connectivity index (χ1) is 6.68. The van der Waals surface area contributed by atoms with Crippen molar-refractivity contribution in [1.82, 2.24) is 0 Å². The van der Waals surface area contributed by atoms with Gasteiger partial charge >= 0.3 is 5.97 Å². The number of halogens is 1. The van der Waals surface area contributed by atoms with E-state index in [1.54, 1.807) is 0 Å². The van der Waals surface area contributed by atoms with Gasteiger partial charge < -0.3 is 5.11 Å². The van der Waals surface area contributed by atoms with Crippen molar-refractivity contribution in [3.8, 4) is 0 Å². The molecule has 1 rings (SSSR count). The maximum atomic E-state index is 10.2. The summed E-state index contributed by atoms with van der Waals surface area (Å²) in [6.45, 7) is 0. The highest BCUT2D eigenvalue weighted by molar-refractivity contribution is 9.10. The lowest BCUT2D eigenvalue weighted by Crippen LogP contribution is -1.94. The Morgan fingerprint density at radius 3 is 2.43 bits per heavy atom. The first-order valence-electron chi connectivity index (χ1n) is 4.65. The molecule has 0 amide bonds. The van der Waals surface area contributed by atoms with E-state index < -0.39 is 5.97 Å². The third-order valence-corrected chi connectivity index (χ3v) is 2.55. The van der Waals surface area contributed by atoms with E-state index in [4.69, 9.17) is 5.11 Å². The van der Waals surface area contributed by atoms with Crippen LogP contribution in [0.2, 0.25) is 0 Å². The standard InChI is InChI=1S/C11H13BrO2/c12-10-7-5-9(6-8-10)3-1-2-4-11(13)14/h5-8H,1-4H2,(H,13,14). The summed E-state index contributed by atoms with van der Waals surface area (Å²) in [5, 5.41) is 8.44. The van der Waals surface area contributed by atoms with Gasteiger partial charge in [-0.1, -0.05) is 28.1 Å². The Hall–Kier alpha value is -0.830. The zero-order chi connectivity index (χ0) is 10.4. The molecule has 0 fully saturated rings. The van der Waals surface area contributed by atoms with E-state index in [-0.39, 0.29) is 6.42 Å². The van der Waals surface area contributed by atoms with E-state index in [9.17, 15) is 4.79 Å². The van der Waals surface area contributed by atoms with Crippen LogP contribution < -0.4 is 0 Å². The van der Waals surface area contributed by atoms with E-state index in [0.29, 0.717) is 0 Å². The van der Waals surface area contributed by atoms with Crippen molar-refractivity contribution in [1.29, 1.82) is 0 Å². The number of benzene rings is 1. The van der Waals surface area contributed by atoms with Crippen molar-refractivity contribution in [3.05, 3.63) is 34.3 Å². The Morgan fingerprint density at radius 2 is 1.86 bits per heavy atom. The lowest BCUT2D eigenvalue weighted by Gasteiger charge is -2.00. The molecule has 76 valence electrons. The lowest BCUT2D eigenvalue weighted by molar-refractivity contribution is -0.137. The Morgan fingerprint density at radius 1 is 1.21 bits per heavy atom. The van der Waals surface area contributed by atoms with E-state index in [1.165, 1.54) is 5.56 Å². The molecule has 0 aromatic heterocycles. The fourth-order valence-electron chi connectivity index (χ4n) is 1.26. The van der Waals surface area contributed by atoms with Crippen LogP contribution in [-0.2, 0) is 11.2 Å². The molecule has 1 N–H and O–H groups in total. The number of rotatable bonds is 5. The molecule has 3 heteroatoms. The van der Waals surface area contributed by atoms with Crippen molar-refractivity contribution in [2.45, 2.75) is 25.7 Å². The summed E-state index contributed by atoms with van der Waals surface area (Å²) >= 11 is 3.37. The molecule has 2 nitrogen and oxygen atoms in total. The number of carboxylic acids is 1. The molecule has 0 aliphatic heterocycles. The molecule has 0 aliphatic carbocycles. The molecular weight excluding hydrogens is 244 g/mol. The first-order valence-corrected chi connectivity index (χ1v) is 5.44. The third kappa shape index (κ3) is 4.42. The number of hydrogen-bond donors (Lipinski definition) is 1. The summed E-state index contributed by atoms with van der Waals surface area (Å²) in [4.78, 5) is 10.2. The van der Waals surface area contributed by atoms with Crippen LogP contribution in [0, 0.1) is 0 Å². The quantitative estimate of drug-likeness (QED) is 0.822. The van der Waals surface area contributed by atoms with E-state index in [0.717, 1.165) is 23.7 Å². The van der Waals surface area contributed by atoms with Gasteiger partial charge in [0.2, 0.25) is 0 Å². The number of carbonyl (C=O) groups is 1. The van der Waals surface area contributed by atoms with Gasteiger partial charge in [0.1, 0.15) is 0 Å². The van der Waals surface area contributed by atoms with Crippen molar-refractivity contribution < 1.29 is 9.90 Å². The van der Waals surface area contributed by atoms with Crippen LogP contribution >= 0.6 is 15.9 Å². The molecule has 0 aliphatic rings. The minimum Gasteiger partial charge on any atom is -0.481 e. The van der Waals surface area contributed by atoms with Crippen LogP contribution in [0.5, 0.6) is 0 Å². The molecule has 0 unspecified atom stereocenters. The van der Waals surface area contributed by atoms with Crippen molar-refractivity contribution in [3.63, 3.8) is 0 Å². The minimum absolute atomic E-state index is 0.274. The Kier molecular flexibility index (Phi) is 4.66. The van der Waals surface area contributed by atoms with Gasteiger partial charge in [-0.05, 0) is 37.0 Å². The van der Waals surface area contributed by atoms with Gasteiger partial charge in [0.15, 0.2) is 0 Å². The highest BCUT2D eigenvalue weighted by Gasteiger charge is 1.97. The molecule has 0 radical (unpaired) electrons. The zero-order valence-corrected chi connectivity index (χ0v) is 9.46. The highest BCUT2D eigenvalue weighted by atomic mass is 79.9. The maximum Gasteiger partial charge on any atom is 0.303 e. The second kappa shape index (κ2) is 5.81. The summed E-state index contributed by atoms with van der Waals surface area (Å²) in [6, 6.07) is 8.13. The smallest absolute Gasteiger partial charge is 0.303 e. The second-order valence-electron chi connectivity index (χ2n) is 3.23. The van der Waals surface area contributed by atoms with Gasteiger partial charge in [0.05, 0.1) is 0 Å². The zero-order valence-electron chi connectivity index (χ0n) is 7.87. The van der Waals surface area contributed by atoms with Crippen LogP contribution in [0.15, 0.2) is 28.7 Å². The highest BCUT2D eigenvalue weighted by Crippen LogP contribution is 2.12. The summed E-state index contributed by atoms with van der Waals surface area (Å²) in [5.74, 6) is -0.708. The molecule has 0 saturated heterocycles. The Labute approximate surface area is 92.1 Å². The monoisotopic (exact) mass is 256 g/mol. The van der Waals surface area contributed by atoms with E-state index in [1.807, 2.05) is 12.1 Å². The van der Waals surface area contributed by atoms with Gasteiger partial charge in [-0.2, -0.15) is 0 Å². The predicted molar refractivity (Wildman–Crippen MR) is 59.3 cm³/mol. The average Bonchev–Trinajstić information content (AvgIpc) is 2.15. The fraction of sp³-hybridized carbons (Fsp3) is 0.364. The predicted octanol–water partition coefficient (Wildman–Crippen LogP) is 3.25. The Balaban J connectivity index is 2.25. The van der Waals surface area contributed by atoms with Crippen molar-refractivity contribution in [2.75, 3.05) is 0 Å². The molecule has 0 heterocycles. The molecular formula is C11H13BrO2. The van der Waals surface area contributed by atoms with Gasteiger partial charge in [0.25, 0.3) is 0 Å². The summed E-state index contributed by atoms with van der Waals surface area (Å²) in [7, 11) is 0. The topological polar surface area (TPSA) is 37.3 Å². The van der Waals surface area contributed by atoms with Crippen LogP contribution in [0.25, 0.3) is 0 Å². The minimum atomic E-state index is -0.708. The fourth-order valence-corrected chi connectivity index (χ4v) is 1.52. The number of aliphatic carboxylic acids is 1. The summed E-state index contributed by atoms with van der Waals surface area (Å²) < 4.78 is 1.08. The van der Waals surface area contributed by atoms with Gasteiger partial charge in [-0.25, -0.2) is 0 Å². The normalized spacial score (nSPS) is 10.1. The largest absolute Gasteiger partial charge is 0.481 e. The maximum absolute atomic E-state index is 10.2. The molecule has 14 heavy (non-hydrogen) atoms. The lowest BCUT2D eigenvalue weighted by atomic mass is 10.1.